The van der Waals surface area contributed by atoms with Crippen LogP contribution in [0.4, 0.5) is 0 Å². The van der Waals surface area contributed by atoms with E-state index in [1.54, 1.807) is 11.6 Å². The topological polar surface area (TPSA) is 95.3 Å². The van der Waals surface area contributed by atoms with Crippen molar-refractivity contribution in [1.82, 2.24) is 38.7 Å². The zero-order valence-electron chi connectivity index (χ0n) is 16.7. The maximum atomic E-state index is 12.7. The first kappa shape index (κ1) is 18.0. The van der Waals surface area contributed by atoms with Crippen LogP contribution in [-0.4, -0.2) is 38.7 Å². The van der Waals surface area contributed by atoms with Crippen LogP contribution in [0, 0.1) is 6.92 Å². The SMILES string of the molecule is Cc1nc2c3ccccc3nc(SCc3nnc4n(C)c(=O)c5ccccc5n34)n2n1. The van der Waals surface area contributed by atoms with Gasteiger partial charge >= 0.3 is 0 Å². The summed E-state index contributed by atoms with van der Waals surface area (Å²) in [6.07, 6.45) is 0. The van der Waals surface area contributed by atoms with Crippen molar-refractivity contribution in [2.24, 2.45) is 7.05 Å². The van der Waals surface area contributed by atoms with E-state index in [1.165, 1.54) is 16.3 Å². The van der Waals surface area contributed by atoms with Gasteiger partial charge in [-0.15, -0.1) is 15.3 Å². The Morgan fingerprint density at radius 1 is 0.968 bits per heavy atom. The number of thioether (sulfide) groups is 1. The Balaban J connectivity index is 1.50. The van der Waals surface area contributed by atoms with E-state index in [0.717, 1.165) is 33.0 Å². The van der Waals surface area contributed by atoms with Gasteiger partial charge in [-0.05, 0) is 31.2 Å². The van der Waals surface area contributed by atoms with Crippen LogP contribution in [-0.2, 0) is 12.8 Å². The molecule has 10 heteroatoms. The first-order valence-corrected chi connectivity index (χ1v) is 10.7. The molecule has 0 bridgehead atoms. The molecule has 0 saturated heterocycles. The molecule has 0 fully saturated rings. The van der Waals surface area contributed by atoms with E-state index in [4.69, 9.17) is 4.98 Å². The summed E-state index contributed by atoms with van der Waals surface area (Å²) < 4.78 is 5.23. The smallest absolute Gasteiger partial charge is 0.262 e. The van der Waals surface area contributed by atoms with Gasteiger partial charge in [0.2, 0.25) is 5.78 Å². The molecule has 0 amide bonds. The lowest BCUT2D eigenvalue weighted by Gasteiger charge is -2.08. The number of nitrogens with zero attached hydrogens (tertiary/aromatic N) is 8. The predicted molar refractivity (Wildman–Crippen MR) is 118 cm³/mol. The van der Waals surface area contributed by atoms with Crippen LogP contribution in [0.3, 0.4) is 0 Å². The number of hydrogen-bond donors (Lipinski definition) is 0. The minimum atomic E-state index is -0.0919. The highest BCUT2D eigenvalue weighted by molar-refractivity contribution is 7.98. The average Bonchev–Trinajstić information content (AvgIpc) is 3.39. The maximum absolute atomic E-state index is 12.7. The minimum Gasteiger partial charge on any atom is -0.279 e. The summed E-state index contributed by atoms with van der Waals surface area (Å²) in [5.74, 6) is 2.43. The van der Waals surface area contributed by atoms with E-state index < -0.39 is 0 Å². The highest BCUT2D eigenvalue weighted by Gasteiger charge is 2.17. The first-order chi connectivity index (χ1) is 15.1. The van der Waals surface area contributed by atoms with Gasteiger partial charge in [-0.25, -0.2) is 9.97 Å². The van der Waals surface area contributed by atoms with Crippen LogP contribution >= 0.6 is 11.8 Å². The Kier molecular flexibility index (Phi) is 3.84. The van der Waals surface area contributed by atoms with Gasteiger partial charge in [-0.1, -0.05) is 36.0 Å². The summed E-state index contributed by atoms with van der Waals surface area (Å²) in [7, 11) is 1.71. The van der Waals surface area contributed by atoms with Crippen LogP contribution in [0.25, 0.3) is 33.2 Å². The first-order valence-electron chi connectivity index (χ1n) is 9.68. The van der Waals surface area contributed by atoms with Crippen molar-refractivity contribution < 1.29 is 0 Å². The van der Waals surface area contributed by atoms with Gasteiger partial charge in [0.25, 0.3) is 5.56 Å². The summed E-state index contributed by atoms with van der Waals surface area (Å²) in [6.45, 7) is 1.87. The van der Waals surface area contributed by atoms with Crippen LogP contribution in [0.2, 0.25) is 0 Å². The molecule has 0 aliphatic rings. The van der Waals surface area contributed by atoms with Gasteiger partial charge < -0.3 is 0 Å². The summed E-state index contributed by atoms with van der Waals surface area (Å²) in [6, 6.07) is 15.4. The lowest BCUT2D eigenvalue weighted by Crippen LogP contribution is -2.20. The molecule has 152 valence electrons. The van der Waals surface area contributed by atoms with Crippen LogP contribution in [0.5, 0.6) is 0 Å². The fraction of sp³-hybridized carbons (Fsp3) is 0.143. The molecule has 6 aromatic rings. The molecule has 0 aliphatic carbocycles. The Hall–Kier alpha value is -3.79. The van der Waals surface area contributed by atoms with Crippen molar-refractivity contribution in [3.05, 3.63) is 70.5 Å². The molecule has 0 spiro atoms. The third kappa shape index (κ3) is 2.65. The minimum absolute atomic E-state index is 0.0919. The summed E-state index contributed by atoms with van der Waals surface area (Å²) >= 11 is 1.51. The molecular formula is C21H16N8OS. The Morgan fingerprint density at radius 2 is 1.74 bits per heavy atom. The number of aromatic nitrogens is 8. The summed E-state index contributed by atoms with van der Waals surface area (Å²) in [5.41, 5.74) is 2.34. The van der Waals surface area contributed by atoms with E-state index >= 15 is 0 Å². The molecule has 9 nitrogen and oxygen atoms in total. The van der Waals surface area contributed by atoms with Gasteiger partial charge in [0.1, 0.15) is 11.6 Å². The number of fused-ring (bicyclic) bond motifs is 6. The molecule has 4 heterocycles. The van der Waals surface area contributed by atoms with Gasteiger partial charge in [0.15, 0.2) is 10.8 Å². The zero-order valence-corrected chi connectivity index (χ0v) is 17.5. The number of benzene rings is 2. The van der Waals surface area contributed by atoms with E-state index in [9.17, 15) is 4.79 Å². The molecule has 0 saturated carbocycles. The van der Waals surface area contributed by atoms with E-state index in [-0.39, 0.29) is 5.56 Å². The van der Waals surface area contributed by atoms with E-state index in [0.29, 0.717) is 22.7 Å². The van der Waals surface area contributed by atoms with Crippen molar-refractivity contribution in [2.75, 3.05) is 0 Å². The molecule has 31 heavy (non-hydrogen) atoms. The molecular weight excluding hydrogens is 412 g/mol. The van der Waals surface area contributed by atoms with E-state index in [2.05, 4.69) is 20.3 Å². The average molecular weight is 428 g/mol. The molecule has 0 atom stereocenters. The third-order valence-electron chi connectivity index (χ3n) is 5.28. The molecule has 0 aliphatic heterocycles. The fourth-order valence-electron chi connectivity index (χ4n) is 3.84. The summed E-state index contributed by atoms with van der Waals surface area (Å²) in [5, 5.41) is 15.5. The molecule has 0 unspecified atom stereocenters. The molecule has 0 radical (unpaired) electrons. The van der Waals surface area contributed by atoms with Crippen LogP contribution < -0.4 is 5.56 Å². The highest BCUT2D eigenvalue weighted by atomic mass is 32.2. The second kappa shape index (κ2) is 6.61. The van der Waals surface area contributed by atoms with Gasteiger partial charge in [0, 0.05) is 12.4 Å². The quantitative estimate of drug-likeness (QED) is 0.316. The Labute approximate surface area is 179 Å². The molecule has 4 aromatic heterocycles. The second-order valence-corrected chi connectivity index (χ2v) is 8.17. The maximum Gasteiger partial charge on any atom is 0.262 e. The van der Waals surface area contributed by atoms with Crippen molar-refractivity contribution >= 4 is 45.0 Å². The number of aryl methyl sites for hydroxylation is 2. The molecule has 2 aromatic carbocycles. The summed E-state index contributed by atoms with van der Waals surface area (Å²) in [4.78, 5) is 22.0. The van der Waals surface area contributed by atoms with Crippen molar-refractivity contribution in [2.45, 2.75) is 17.8 Å². The molecule has 0 N–H and O–H groups in total. The lowest BCUT2D eigenvalue weighted by atomic mass is 10.2. The van der Waals surface area contributed by atoms with E-state index in [1.807, 2.05) is 59.9 Å². The van der Waals surface area contributed by atoms with Crippen LogP contribution in [0.15, 0.2) is 58.5 Å². The lowest BCUT2D eigenvalue weighted by molar-refractivity contribution is 0.795. The van der Waals surface area contributed by atoms with Gasteiger partial charge in [-0.2, -0.15) is 4.52 Å². The Morgan fingerprint density at radius 3 is 2.61 bits per heavy atom. The monoisotopic (exact) mass is 428 g/mol. The standard InChI is InChI=1S/C21H16N8OS/c1-12-22-18-13-7-3-5-9-15(13)23-21(29(18)26-12)31-11-17-24-25-20-27(2)19(30)14-8-4-6-10-16(14)28(17)20/h3-10H,11H2,1-2H3. The predicted octanol–water partition coefficient (Wildman–Crippen LogP) is 2.77. The number of para-hydroxylation sites is 2. The van der Waals surface area contributed by atoms with Crippen molar-refractivity contribution in [3.8, 4) is 0 Å². The molecule has 6 rings (SSSR count). The fourth-order valence-corrected chi connectivity index (χ4v) is 4.70. The van der Waals surface area contributed by atoms with Crippen LogP contribution in [0.1, 0.15) is 11.6 Å². The Bertz CT molecular complexity index is 1700. The normalized spacial score (nSPS) is 11.9. The third-order valence-corrected chi connectivity index (χ3v) is 6.20. The highest BCUT2D eigenvalue weighted by Crippen LogP contribution is 2.26. The number of hydrogen-bond acceptors (Lipinski definition) is 7. The number of rotatable bonds is 3. The van der Waals surface area contributed by atoms with Crippen molar-refractivity contribution in [1.29, 1.82) is 0 Å². The van der Waals surface area contributed by atoms with Crippen molar-refractivity contribution in [3.63, 3.8) is 0 Å². The largest absolute Gasteiger partial charge is 0.279 e. The van der Waals surface area contributed by atoms with Gasteiger partial charge in [0.05, 0.1) is 22.2 Å². The van der Waals surface area contributed by atoms with Gasteiger partial charge in [-0.3, -0.25) is 13.8 Å². The second-order valence-electron chi connectivity index (χ2n) is 7.23. The zero-order chi connectivity index (χ0) is 21.1.